The summed E-state index contributed by atoms with van der Waals surface area (Å²) in [6, 6.07) is 22.0. The molecule has 0 unspecified atom stereocenters. The Bertz CT molecular complexity index is 1050. The minimum absolute atomic E-state index is 0.0838. The molecular formula is C34H46FOP. The fraction of sp³-hybridized carbons (Fsp3) is 0.412. The Labute approximate surface area is 227 Å². The maximum atomic E-state index is 14.9. The van der Waals surface area contributed by atoms with Gasteiger partial charge in [-0.05, 0) is 66.5 Å². The Morgan fingerprint density at radius 1 is 0.730 bits per heavy atom. The van der Waals surface area contributed by atoms with E-state index >= 15 is 0 Å². The summed E-state index contributed by atoms with van der Waals surface area (Å²) in [7, 11) is 0.0838. The van der Waals surface area contributed by atoms with Gasteiger partial charge < -0.3 is 0 Å². The third-order valence-electron chi connectivity index (χ3n) is 6.11. The molecule has 3 aromatic carbocycles. The van der Waals surface area contributed by atoms with Crippen LogP contribution in [0, 0.1) is 5.82 Å². The van der Waals surface area contributed by atoms with E-state index in [1.807, 2.05) is 63.2 Å². The van der Waals surface area contributed by atoms with Gasteiger partial charge in [0.05, 0.1) is 0 Å². The Morgan fingerprint density at radius 2 is 1.27 bits per heavy atom. The lowest BCUT2D eigenvalue weighted by molar-refractivity contribution is 0.601. The molecule has 0 saturated carbocycles. The normalized spacial score (nSPS) is 10.8. The van der Waals surface area contributed by atoms with Crippen molar-refractivity contribution in [3.8, 4) is 22.3 Å². The Morgan fingerprint density at radius 3 is 1.78 bits per heavy atom. The molecule has 0 aliphatic rings. The van der Waals surface area contributed by atoms with E-state index in [9.17, 15) is 8.96 Å². The highest BCUT2D eigenvalue weighted by Gasteiger charge is 2.08. The number of allylic oxidation sites excluding steroid dienone is 2. The summed E-state index contributed by atoms with van der Waals surface area (Å²) in [5.74, 6) is -0.203. The number of halogens is 1. The zero-order valence-corrected chi connectivity index (χ0v) is 24.7. The minimum Gasteiger partial charge on any atom is -0.270 e. The first-order valence-corrected chi connectivity index (χ1v) is 14.8. The van der Waals surface area contributed by atoms with E-state index in [1.165, 1.54) is 43.2 Å². The van der Waals surface area contributed by atoms with Crippen LogP contribution in [0.2, 0.25) is 0 Å². The maximum Gasteiger partial charge on any atom is 0.187 e. The van der Waals surface area contributed by atoms with E-state index in [0.29, 0.717) is 5.56 Å². The van der Waals surface area contributed by atoms with Gasteiger partial charge in [0.1, 0.15) is 5.82 Å². The molecule has 0 atom stereocenters. The zero-order chi connectivity index (χ0) is 27.5. The van der Waals surface area contributed by atoms with Gasteiger partial charge in [-0.2, -0.15) is 0 Å². The van der Waals surface area contributed by atoms with E-state index in [-0.39, 0.29) is 14.3 Å². The molecule has 0 aliphatic carbocycles. The number of hydrogen-bond donors (Lipinski definition) is 0. The lowest BCUT2D eigenvalue weighted by Gasteiger charge is -2.09. The van der Waals surface area contributed by atoms with Crippen LogP contribution in [0.4, 0.5) is 4.39 Å². The van der Waals surface area contributed by atoms with Gasteiger partial charge in [-0.3, -0.25) is 4.57 Å². The molecule has 0 aliphatic heterocycles. The molecule has 0 N–H and O–H groups in total. The lowest BCUT2D eigenvalue weighted by Crippen LogP contribution is -1.89. The maximum absolute atomic E-state index is 14.9. The quantitative estimate of drug-likeness (QED) is 0.181. The van der Waals surface area contributed by atoms with Crippen LogP contribution >= 0.6 is 8.46 Å². The molecule has 3 rings (SSSR count). The fourth-order valence-electron chi connectivity index (χ4n) is 3.71. The second kappa shape index (κ2) is 19.5. The summed E-state index contributed by atoms with van der Waals surface area (Å²) in [4.78, 5) is 0. The van der Waals surface area contributed by atoms with Gasteiger partial charge in [0.15, 0.2) is 8.46 Å². The smallest absolute Gasteiger partial charge is 0.187 e. The van der Waals surface area contributed by atoms with Crippen LogP contribution < -0.4 is 0 Å². The summed E-state index contributed by atoms with van der Waals surface area (Å²) in [5.41, 5.74) is 5.97. The van der Waals surface area contributed by atoms with Crippen molar-refractivity contribution >= 4 is 8.46 Å². The first-order chi connectivity index (χ1) is 18.0. The summed E-state index contributed by atoms with van der Waals surface area (Å²) in [6.07, 6.45) is 11.2. The van der Waals surface area contributed by atoms with Crippen molar-refractivity contribution in [2.45, 2.75) is 92.9 Å². The molecule has 0 radical (unpaired) electrons. The van der Waals surface area contributed by atoms with E-state index in [0.717, 1.165) is 41.3 Å². The molecular weight excluding hydrogens is 474 g/mol. The van der Waals surface area contributed by atoms with E-state index < -0.39 is 0 Å². The SMILES string of the molecule is CC.CCCC.CCCCCc1ccc(-c2ccc(-c3ccc(CC/C=C(\C)P=O)cc3)c(F)c2)cc1. The lowest BCUT2D eigenvalue weighted by atomic mass is 9.97. The summed E-state index contributed by atoms with van der Waals surface area (Å²) >= 11 is 0. The van der Waals surface area contributed by atoms with Crippen molar-refractivity contribution in [3.63, 3.8) is 0 Å². The highest BCUT2D eigenvalue weighted by Crippen LogP contribution is 2.29. The summed E-state index contributed by atoms with van der Waals surface area (Å²) in [5, 5.41) is 0.852. The van der Waals surface area contributed by atoms with E-state index in [1.54, 1.807) is 6.07 Å². The monoisotopic (exact) mass is 520 g/mol. The highest BCUT2D eigenvalue weighted by atomic mass is 31.1. The Kier molecular flexibility index (Phi) is 17.1. The van der Waals surface area contributed by atoms with Gasteiger partial charge in [-0.1, -0.05) is 127 Å². The van der Waals surface area contributed by atoms with Crippen molar-refractivity contribution in [3.05, 3.63) is 95.1 Å². The molecule has 0 bridgehead atoms. The average molecular weight is 521 g/mol. The molecule has 0 saturated heterocycles. The van der Waals surface area contributed by atoms with Crippen molar-refractivity contribution in [1.29, 1.82) is 0 Å². The topological polar surface area (TPSA) is 17.1 Å². The fourth-order valence-corrected chi connectivity index (χ4v) is 3.91. The molecule has 0 amide bonds. The van der Waals surface area contributed by atoms with Crippen LogP contribution in [0.5, 0.6) is 0 Å². The minimum atomic E-state index is -0.203. The first kappa shape index (κ1) is 32.5. The number of rotatable bonds is 11. The van der Waals surface area contributed by atoms with Crippen molar-refractivity contribution in [2.75, 3.05) is 0 Å². The predicted molar refractivity (Wildman–Crippen MR) is 162 cm³/mol. The van der Waals surface area contributed by atoms with Crippen molar-refractivity contribution < 1.29 is 8.96 Å². The third kappa shape index (κ3) is 12.0. The number of unbranched alkanes of at least 4 members (excludes halogenated alkanes) is 3. The zero-order valence-electron chi connectivity index (χ0n) is 23.8. The summed E-state index contributed by atoms with van der Waals surface area (Å²) < 4.78 is 25.7. The van der Waals surface area contributed by atoms with Crippen LogP contribution in [-0.4, -0.2) is 0 Å². The molecule has 3 aromatic rings. The third-order valence-corrected chi connectivity index (χ3v) is 6.58. The molecule has 0 heterocycles. The van der Waals surface area contributed by atoms with Crippen LogP contribution in [0.3, 0.4) is 0 Å². The molecule has 0 aromatic heterocycles. The van der Waals surface area contributed by atoms with Crippen LogP contribution in [0.25, 0.3) is 22.3 Å². The number of benzene rings is 3. The van der Waals surface area contributed by atoms with Gasteiger partial charge in [0, 0.05) is 10.9 Å². The van der Waals surface area contributed by atoms with Gasteiger partial charge in [-0.15, -0.1) is 0 Å². The number of hydrogen-bond acceptors (Lipinski definition) is 1. The van der Waals surface area contributed by atoms with Gasteiger partial charge in [-0.25, -0.2) is 4.39 Å². The van der Waals surface area contributed by atoms with Crippen LogP contribution in [-0.2, 0) is 17.4 Å². The van der Waals surface area contributed by atoms with Crippen LogP contribution in [0.1, 0.15) is 91.2 Å². The average Bonchev–Trinajstić information content (AvgIpc) is 2.95. The van der Waals surface area contributed by atoms with Gasteiger partial charge in [0.25, 0.3) is 0 Å². The predicted octanol–water partition coefficient (Wildman–Crippen LogP) is 11.9. The van der Waals surface area contributed by atoms with E-state index in [4.69, 9.17) is 0 Å². The second-order valence-corrected chi connectivity index (χ2v) is 9.91. The molecule has 1 nitrogen and oxygen atoms in total. The van der Waals surface area contributed by atoms with Gasteiger partial charge >= 0.3 is 0 Å². The first-order valence-electron chi connectivity index (χ1n) is 14.0. The molecule has 200 valence electrons. The largest absolute Gasteiger partial charge is 0.270 e. The molecule has 0 fully saturated rings. The summed E-state index contributed by atoms with van der Waals surface area (Å²) in [6.45, 7) is 12.4. The van der Waals surface area contributed by atoms with E-state index in [2.05, 4.69) is 45.0 Å². The second-order valence-electron chi connectivity index (χ2n) is 9.02. The Hall–Kier alpha value is -2.57. The molecule has 0 spiro atoms. The van der Waals surface area contributed by atoms with Crippen LogP contribution in [0.15, 0.2) is 78.1 Å². The van der Waals surface area contributed by atoms with Crippen molar-refractivity contribution in [1.82, 2.24) is 0 Å². The van der Waals surface area contributed by atoms with Gasteiger partial charge in [0.2, 0.25) is 0 Å². The highest BCUT2D eigenvalue weighted by molar-refractivity contribution is 7.29. The van der Waals surface area contributed by atoms with Crippen molar-refractivity contribution in [2.24, 2.45) is 0 Å². The standard InChI is InChI=1S/C28H30FOP.C4H10.C2H6/c1-3-4-5-8-22-10-14-24(15-11-22)26-18-19-27(28(29)20-26)25-16-12-23(13-17-25)9-6-7-21(2)31-30;1-3-4-2;1-2/h7,10-20H,3-6,8-9H2,1-2H3;3-4H2,1-2H3;1-2H3/b21-7+;;. The Balaban J connectivity index is 0.00000104. The molecule has 37 heavy (non-hydrogen) atoms. The number of aryl methyl sites for hydroxylation is 2. The molecule has 3 heteroatoms.